The third-order valence-corrected chi connectivity index (χ3v) is 9.12. The van der Waals surface area contributed by atoms with Crippen molar-refractivity contribution in [2.45, 2.75) is 63.8 Å². The van der Waals surface area contributed by atoms with Gasteiger partial charge in [0.1, 0.15) is 11.5 Å². The fourth-order valence-corrected chi connectivity index (χ4v) is 6.78. The van der Waals surface area contributed by atoms with E-state index < -0.39 is 15.8 Å². The van der Waals surface area contributed by atoms with E-state index in [2.05, 4.69) is 25.2 Å². The summed E-state index contributed by atoms with van der Waals surface area (Å²) in [4.78, 5) is 15.1. The maximum absolute atomic E-state index is 14.6. The molecule has 9 nitrogen and oxygen atoms in total. The molecule has 0 unspecified atom stereocenters. The summed E-state index contributed by atoms with van der Waals surface area (Å²) in [6, 6.07) is 0.146. The van der Waals surface area contributed by atoms with Crippen LogP contribution >= 0.6 is 0 Å². The van der Waals surface area contributed by atoms with Crippen molar-refractivity contribution < 1.29 is 12.8 Å². The molecule has 2 saturated heterocycles. The molecule has 182 valence electrons. The van der Waals surface area contributed by atoms with Gasteiger partial charge in [0.05, 0.1) is 23.3 Å². The highest BCUT2D eigenvalue weighted by Crippen LogP contribution is 2.27. The van der Waals surface area contributed by atoms with Crippen molar-refractivity contribution in [3.63, 3.8) is 0 Å². The largest absolute Gasteiger partial charge is 0.351 e. The van der Waals surface area contributed by atoms with Gasteiger partial charge >= 0.3 is 0 Å². The van der Waals surface area contributed by atoms with E-state index in [1.165, 1.54) is 6.20 Å². The van der Waals surface area contributed by atoms with Gasteiger partial charge in [0, 0.05) is 25.2 Å². The molecule has 2 aliphatic heterocycles. The molecule has 2 aromatic rings. The number of halogens is 1. The van der Waals surface area contributed by atoms with Crippen LogP contribution in [0.25, 0.3) is 11.4 Å². The molecule has 11 heteroatoms. The Kier molecular flexibility index (Phi) is 7.01. The highest BCUT2D eigenvalue weighted by Gasteiger charge is 2.36. The van der Waals surface area contributed by atoms with Crippen molar-refractivity contribution in [3.05, 3.63) is 24.0 Å². The third-order valence-electron chi connectivity index (χ3n) is 6.72. The zero-order valence-corrected chi connectivity index (χ0v) is 20.6. The summed E-state index contributed by atoms with van der Waals surface area (Å²) in [5.41, 5.74) is 0.827. The summed E-state index contributed by atoms with van der Waals surface area (Å²) in [5.74, 6) is 0.643. The standard InChI is InChI=1S/C22H34FN7O2S/c1-15(2)30-16(3)24-14-20(30)21-19(23)13-25-22(27-21)26-17-5-11-29(12-6-17)33(31,32)18-7-9-28(4)10-8-18/h13-15,17-18H,5-12H2,1-4H3,(H,25,26,27). The minimum atomic E-state index is -3.28. The number of imidazole rings is 1. The summed E-state index contributed by atoms with van der Waals surface area (Å²) in [6.45, 7) is 8.51. The SMILES string of the molecule is Cc1ncc(-c2nc(NC3CCN(S(=O)(=O)C4CCN(C)CC4)CC3)ncc2F)n1C(C)C. The van der Waals surface area contributed by atoms with Crippen molar-refractivity contribution in [2.75, 3.05) is 38.5 Å². The second kappa shape index (κ2) is 9.63. The van der Waals surface area contributed by atoms with Crippen molar-refractivity contribution in [1.82, 2.24) is 28.7 Å². The first-order chi connectivity index (χ1) is 15.7. The van der Waals surface area contributed by atoms with Crippen LogP contribution in [0.5, 0.6) is 0 Å². The Labute approximate surface area is 195 Å². The van der Waals surface area contributed by atoms with Crippen LogP contribution < -0.4 is 5.32 Å². The smallest absolute Gasteiger partial charge is 0.223 e. The van der Waals surface area contributed by atoms with Crippen LogP contribution in [0.4, 0.5) is 10.3 Å². The van der Waals surface area contributed by atoms with Gasteiger partial charge < -0.3 is 14.8 Å². The zero-order chi connectivity index (χ0) is 23.8. The first-order valence-electron chi connectivity index (χ1n) is 11.7. The number of nitrogens with zero attached hydrogens (tertiary/aromatic N) is 6. The van der Waals surface area contributed by atoms with E-state index in [1.54, 1.807) is 10.5 Å². The Hall–Kier alpha value is -2.11. The van der Waals surface area contributed by atoms with Gasteiger partial charge in [-0.25, -0.2) is 32.1 Å². The molecule has 4 rings (SSSR count). The van der Waals surface area contributed by atoms with Gasteiger partial charge in [-0.3, -0.25) is 0 Å². The topological polar surface area (TPSA) is 96.2 Å². The van der Waals surface area contributed by atoms with Gasteiger partial charge in [-0.1, -0.05) is 0 Å². The molecule has 0 aliphatic carbocycles. The van der Waals surface area contributed by atoms with Crippen LogP contribution in [-0.2, 0) is 10.0 Å². The van der Waals surface area contributed by atoms with E-state index in [4.69, 9.17) is 0 Å². The summed E-state index contributed by atoms with van der Waals surface area (Å²) in [6.07, 6.45) is 5.51. The highest BCUT2D eigenvalue weighted by molar-refractivity contribution is 7.89. The summed E-state index contributed by atoms with van der Waals surface area (Å²) < 4.78 is 44.3. The lowest BCUT2D eigenvalue weighted by Gasteiger charge is -2.36. The summed E-state index contributed by atoms with van der Waals surface area (Å²) in [7, 11) is -1.25. The minimum absolute atomic E-state index is 0.0315. The number of hydrogen-bond donors (Lipinski definition) is 1. The molecular formula is C22H34FN7O2S. The van der Waals surface area contributed by atoms with Gasteiger partial charge in [-0.2, -0.15) is 0 Å². The first kappa shape index (κ1) is 24.0. The van der Waals surface area contributed by atoms with Crippen LogP contribution in [0, 0.1) is 12.7 Å². The molecule has 1 N–H and O–H groups in total. The number of aromatic nitrogens is 4. The van der Waals surface area contributed by atoms with Gasteiger partial charge in [-0.05, 0) is 66.6 Å². The molecule has 2 aromatic heterocycles. The van der Waals surface area contributed by atoms with E-state index in [9.17, 15) is 12.8 Å². The van der Waals surface area contributed by atoms with Crippen LogP contribution in [0.3, 0.4) is 0 Å². The molecule has 33 heavy (non-hydrogen) atoms. The second-order valence-corrected chi connectivity index (χ2v) is 11.6. The van der Waals surface area contributed by atoms with Crippen molar-refractivity contribution in [2.24, 2.45) is 0 Å². The molecule has 0 amide bonds. The van der Waals surface area contributed by atoms with Gasteiger partial charge in [0.2, 0.25) is 16.0 Å². The van der Waals surface area contributed by atoms with E-state index in [1.807, 2.05) is 32.4 Å². The molecule has 0 spiro atoms. The Bertz CT molecular complexity index is 1070. The van der Waals surface area contributed by atoms with E-state index >= 15 is 0 Å². The lowest BCUT2D eigenvalue weighted by atomic mass is 10.1. The van der Waals surface area contributed by atoms with Gasteiger partial charge in [-0.15, -0.1) is 0 Å². The minimum Gasteiger partial charge on any atom is -0.351 e. The Morgan fingerprint density at radius 1 is 1.06 bits per heavy atom. The summed E-state index contributed by atoms with van der Waals surface area (Å²) >= 11 is 0. The Morgan fingerprint density at radius 3 is 2.36 bits per heavy atom. The molecule has 0 saturated carbocycles. The molecule has 2 aliphatic rings. The fourth-order valence-electron chi connectivity index (χ4n) is 4.83. The van der Waals surface area contributed by atoms with Crippen LogP contribution in [-0.4, -0.2) is 81.7 Å². The average molecular weight is 480 g/mol. The lowest BCUT2D eigenvalue weighted by molar-refractivity contribution is 0.266. The molecular weight excluding hydrogens is 445 g/mol. The van der Waals surface area contributed by atoms with Crippen LogP contribution in [0.15, 0.2) is 12.4 Å². The monoisotopic (exact) mass is 479 g/mol. The molecule has 0 atom stereocenters. The highest BCUT2D eigenvalue weighted by atomic mass is 32.2. The van der Waals surface area contributed by atoms with E-state index in [-0.39, 0.29) is 23.0 Å². The zero-order valence-electron chi connectivity index (χ0n) is 19.8. The van der Waals surface area contributed by atoms with Crippen LogP contribution in [0.2, 0.25) is 0 Å². The predicted molar refractivity (Wildman–Crippen MR) is 126 cm³/mol. The molecule has 0 aromatic carbocycles. The number of piperidine rings is 2. The maximum Gasteiger partial charge on any atom is 0.223 e. The molecule has 0 bridgehead atoms. The number of likely N-dealkylation sites (tertiary alicyclic amines) is 1. The Balaban J connectivity index is 1.42. The number of sulfonamides is 1. The van der Waals surface area contributed by atoms with Crippen molar-refractivity contribution in [1.29, 1.82) is 0 Å². The van der Waals surface area contributed by atoms with E-state index in [0.29, 0.717) is 50.4 Å². The normalized spacial score (nSPS) is 19.9. The quantitative estimate of drug-likeness (QED) is 0.680. The molecule has 2 fully saturated rings. The first-order valence-corrected chi connectivity index (χ1v) is 13.2. The van der Waals surface area contributed by atoms with Crippen molar-refractivity contribution in [3.8, 4) is 11.4 Å². The van der Waals surface area contributed by atoms with Gasteiger partial charge in [0.15, 0.2) is 5.82 Å². The Morgan fingerprint density at radius 2 is 1.73 bits per heavy atom. The fraction of sp³-hybridized carbons (Fsp3) is 0.682. The second-order valence-electron chi connectivity index (χ2n) is 9.41. The lowest BCUT2D eigenvalue weighted by Crippen LogP contribution is -2.48. The predicted octanol–water partition coefficient (Wildman–Crippen LogP) is 2.67. The molecule has 0 radical (unpaired) electrons. The maximum atomic E-state index is 14.6. The van der Waals surface area contributed by atoms with Crippen LogP contribution in [0.1, 0.15) is 51.4 Å². The van der Waals surface area contributed by atoms with E-state index in [0.717, 1.165) is 18.9 Å². The average Bonchev–Trinajstić information content (AvgIpc) is 3.17. The number of aryl methyl sites for hydroxylation is 1. The number of anilines is 1. The molecule has 4 heterocycles. The third kappa shape index (κ3) is 5.04. The summed E-state index contributed by atoms with van der Waals surface area (Å²) in [5, 5.41) is 3.00. The van der Waals surface area contributed by atoms with Crippen molar-refractivity contribution >= 4 is 16.0 Å². The van der Waals surface area contributed by atoms with Gasteiger partial charge in [0.25, 0.3) is 0 Å². The number of hydrogen-bond acceptors (Lipinski definition) is 7. The number of rotatable bonds is 6. The number of nitrogens with one attached hydrogen (secondary N) is 1.